The van der Waals surface area contributed by atoms with Gasteiger partial charge in [0.1, 0.15) is 12.0 Å². The number of hydrogen-bond donors (Lipinski definition) is 4. The van der Waals surface area contributed by atoms with Crippen LogP contribution < -0.4 is 21.9 Å². The Balaban J connectivity index is 1.52. The first-order valence-electron chi connectivity index (χ1n) is 10.2. The molecule has 4 rings (SSSR count). The number of rotatable bonds is 7. The topological polar surface area (TPSA) is 105 Å². The first-order valence-corrected chi connectivity index (χ1v) is 10.2. The van der Waals surface area contributed by atoms with Crippen molar-refractivity contribution < 1.29 is 4.79 Å². The highest BCUT2D eigenvalue weighted by Crippen LogP contribution is 2.27. The van der Waals surface area contributed by atoms with Gasteiger partial charge in [-0.15, -0.1) is 0 Å². The largest absolute Gasteiger partial charge is 0.393 e. The van der Waals surface area contributed by atoms with Gasteiger partial charge in [-0.25, -0.2) is 9.97 Å². The number of nitrogen functional groups attached to an aromatic ring is 1. The molecule has 0 saturated carbocycles. The third kappa shape index (κ3) is 4.84. The van der Waals surface area contributed by atoms with Crippen LogP contribution in [0.2, 0.25) is 0 Å². The number of aryl methyl sites for hydroxylation is 1. The molecule has 5 N–H and O–H groups in total. The Hall–Kier alpha value is -4.39. The maximum Gasteiger partial charge on any atom is 0.250 e. The van der Waals surface area contributed by atoms with Crippen LogP contribution in [0.25, 0.3) is 0 Å². The van der Waals surface area contributed by atoms with E-state index in [4.69, 9.17) is 5.73 Å². The molecule has 0 fully saturated rings. The van der Waals surface area contributed by atoms with Crippen LogP contribution in [0, 0.1) is 6.92 Å². The monoisotopic (exact) mass is 424 g/mol. The van der Waals surface area contributed by atoms with Gasteiger partial charge >= 0.3 is 0 Å². The number of aromatic nitrogens is 2. The lowest BCUT2D eigenvalue weighted by molar-refractivity contribution is -0.121. The summed E-state index contributed by atoms with van der Waals surface area (Å²) in [4.78, 5) is 21.5. The minimum atomic E-state index is -0.488. The molecule has 0 unspecified atom stereocenters. The van der Waals surface area contributed by atoms with Crippen LogP contribution in [0.15, 0.2) is 91.3 Å². The van der Waals surface area contributed by atoms with E-state index in [0.29, 0.717) is 17.3 Å². The highest BCUT2D eigenvalue weighted by molar-refractivity contribution is 5.89. The maximum absolute atomic E-state index is 13.2. The van der Waals surface area contributed by atoms with Gasteiger partial charge in [0.05, 0.1) is 5.92 Å². The van der Waals surface area contributed by atoms with Crippen LogP contribution in [0.3, 0.4) is 0 Å². The standard InChI is InChI=1S/C25H24N6O/c1-17-12-14-20(15-13-17)29-23-22(26)24(28-16-27-23)30-31-25(32)21(18-8-4-2-5-9-18)19-10-6-3-7-11-19/h2-16,21H,26H2,1H3,(H,31,32)(H2,27,28,29,30). The number of amides is 1. The Labute approximate surface area is 186 Å². The fourth-order valence-corrected chi connectivity index (χ4v) is 3.35. The molecule has 0 bridgehead atoms. The van der Waals surface area contributed by atoms with Gasteiger partial charge in [0.15, 0.2) is 11.6 Å². The van der Waals surface area contributed by atoms with Crippen LogP contribution >= 0.6 is 0 Å². The molecule has 0 saturated heterocycles. The smallest absolute Gasteiger partial charge is 0.250 e. The quantitative estimate of drug-likeness (QED) is 0.328. The summed E-state index contributed by atoms with van der Waals surface area (Å²) in [6.07, 6.45) is 1.38. The van der Waals surface area contributed by atoms with Crippen LogP contribution in [0.1, 0.15) is 22.6 Å². The van der Waals surface area contributed by atoms with Crippen LogP contribution in [0.5, 0.6) is 0 Å². The van der Waals surface area contributed by atoms with Crippen LogP contribution in [-0.4, -0.2) is 15.9 Å². The van der Waals surface area contributed by atoms with Crippen molar-refractivity contribution in [3.63, 3.8) is 0 Å². The first-order chi connectivity index (χ1) is 15.6. The molecule has 7 heteroatoms. The van der Waals surface area contributed by atoms with Gasteiger partial charge in [0, 0.05) is 5.69 Å². The van der Waals surface area contributed by atoms with E-state index in [1.54, 1.807) is 0 Å². The number of carbonyl (C=O) groups excluding carboxylic acids is 1. The van der Waals surface area contributed by atoms with Gasteiger partial charge < -0.3 is 11.1 Å². The van der Waals surface area contributed by atoms with E-state index in [0.717, 1.165) is 22.4 Å². The van der Waals surface area contributed by atoms with Gasteiger partial charge in [-0.1, -0.05) is 78.4 Å². The Kier molecular flexibility index (Phi) is 6.27. The minimum absolute atomic E-state index is 0.228. The maximum atomic E-state index is 13.2. The molecule has 0 spiro atoms. The highest BCUT2D eigenvalue weighted by atomic mass is 16.2. The van der Waals surface area contributed by atoms with Crippen molar-refractivity contribution in [1.82, 2.24) is 15.4 Å². The number of benzene rings is 3. The lowest BCUT2D eigenvalue weighted by Gasteiger charge is -2.19. The first kappa shape index (κ1) is 20.9. The highest BCUT2D eigenvalue weighted by Gasteiger charge is 2.23. The van der Waals surface area contributed by atoms with Gasteiger partial charge in [0.2, 0.25) is 5.91 Å². The predicted octanol–water partition coefficient (Wildman–Crippen LogP) is 4.39. The van der Waals surface area contributed by atoms with E-state index < -0.39 is 5.92 Å². The number of nitrogens with zero attached hydrogens (tertiary/aromatic N) is 2. The third-order valence-corrected chi connectivity index (χ3v) is 5.03. The molecule has 0 aliphatic heterocycles. The van der Waals surface area contributed by atoms with E-state index >= 15 is 0 Å². The lowest BCUT2D eigenvalue weighted by atomic mass is 9.91. The zero-order valence-electron chi connectivity index (χ0n) is 17.6. The van der Waals surface area contributed by atoms with Gasteiger partial charge in [-0.05, 0) is 30.2 Å². The summed E-state index contributed by atoms with van der Waals surface area (Å²) in [6, 6.07) is 27.1. The fourth-order valence-electron chi connectivity index (χ4n) is 3.35. The molecule has 0 atom stereocenters. The van der Waals surface area contributed by atoms with Gasteiger partial charge in [0.25, 0.3) is 0 Å². The van der Waals surface area contributed by atoms with E-state index in [-0.39, 0.29) is 5.91 Å². The van der Waals surface area contributed by atoms with Crippen molar-refractivity contribution in [3.05, 3.63) is 108 Å². The molecular formula is C25H24N6O. The molecule has 1 heterocycles. The van der Waals surface area contributed by atoms with Crippen molar-refractivity contribution in [2.24, 2.45) is 0 Å². The minimum Gasteiger partial charge on any atom is -0.393 e. The average molecular weight is 425 g/mol. The number of anilines is 4. The predicted molar refractivity (Wildman–Crippen MR) is 127 cm³/mol. The SMILES string of the molecule is Cc1ccc(Nc2ncnc(NNC(=O)C(c3ccccc3)c3ccccc3)c2N)cc1. The number of nitrogens with one attached hydrogen (secondary N) is 3. The Morgan fingerprint density at radius 1 is 0.812 bits per heavy atom. The molecular weight excluding hydrogens is 400 g/mol. The van der Waals surface area contributed by atoms with Gasteiger partial charge in [-0.3, -0.25) is 15.6 Å². The molecule has 3 aromatic carbocycles. The lowest BCUT2D eigenvalue weighted by Crippen LogP contribution is -2.35. The number of hydrogen-bond acceptors (Lipinski definition) is 6. The molecule has 32 heavy (non-hydrogen) atoms. The number of carbonyl (C=O) groups is 1. The molecule has 0 aliphatic carbocycles. The summed E-state index contributed by atoms with van der Waals surface area (Å²) in [5, 5.41) is 3.17. The molecule has 1 amide bonds. The molecule has 0 aliphatic rings. The van der Waals surface area contributed by atoms with Crippen LogP contribution in [0.4, 0.5) is 23.0 Å². The summed E-state index contributed by atoms with van der Waals surface area (Å²) in [5.74, 6) is 0.0395. The number of hydrazine groups is 1. The van der Waals surface area contributed by atoms with Crippen molar-refractivity contribution in [2.75, 3.05) is 16.5 Å². The second-order valence-corrected chi connectivity index (χ2v) is 7.34. The summed E-state index contributed by atoms with van der Waals surface area (Å²) >= 11 is 0. The third-order valence-electron chi connectivity index (χ3n) is 5.03. The second kappa shape index (κ2) is 9.61. The average Bonchev–Trinajstić information content (AvgIpc) is 2.82. The van der Waals surface area contributed by atoms with Gasteiger partial charge in [-0.2, -0.15) is 0 Å². The normalized spacial score (nSPS) is 10.6. The van der Waals surface area contributed by atoms with Crippen molar-refractivity contribution in [2.45, 2.75) is 12.8 Å². The summed E-state index contributed by atoms with van der Waals surface area (Å²) in [6.45, 7) is 2.02. The van der Waals surface area contributed by atoms with E-state index in [1.807, 2.05) is 91.9 Å². The zero-order valence-corrected chi connectivity index (χ0v) is 17.6. The van der Waals surface area contributed by atoms with Crippen molar-refractivity contribution >= 4 is 28.9 Å². The number of nitrogens with two attached hydrogens (primary N) is 1. The summed E-state index contributed by atoms with van der Waals surface area (Å²) in [7, 11) is 0. The van der Waals surface area contributed by atoms with E-state index in [1.165, 1.54) is 6.33 Å². The van der Waals surface area contributed by atoms with Crippen LogP contribution in [-0.2, 0) is 4.79 Å². The molecule has 1 aromatic heterocycles. The summed E-state index contributed by atoms with van der Waals surface area (Å²) < 4.78 is 0. The molecule has 4 aromatic rings. The Morgan fingerprint density at radius 3 is 1.97 bits per heavy atom. The second-order valence-electron chi connectivity index (χ2n) is 7.34. The van der Waals surface area contributed by atoms with Crippen molar-refractivity contribution in [3.8, 4) is 0 Å². The van der Waals surface area contributed by atoms with E-state index in [9.17, 15) is 4.79 Å². The van der Waals surface area contributed by atoms with Crippen molar-refractivity contribution in [1.29, 1.82) is 0 Å². The molecule has 7 nitrogen and oxygen atoms in total. The summed E-state index contributed by atoms with van der Waals surface area (Å²) in [5.41, 5.74) is 15.9. The Bertz CT molecular complexity index is 1140. The Morgan fingerprint density at radius 2 is 1.38 bits per heavy atom. The molecule has 0 radical (unpaired) electrons. The zero-order chi connectivity index (χ0) is 22.3. The molecule has 160 valence electrons. The fraction of sp³-hybridized carbons (Fsp3) is 0.0800. The van der Waals surface area contributed by atoms with E-state index in [2.05, 4.69) is 26.1 Å².